The third-order valence-electron chi connectivity index (χ3n) is 2.00. The molecule has 1 aliphatic heterocycles. The molecule has 1 atom stereocenters. The summed E-state index contributed by atoms with van der Waals surface area (Å²) in [5.41, 5.74) is 0. The molecule has 0 aromatic carbocycles. The van der Waals surface area contributed by atoms with Crippen LogP contribution in [0.15, 0.2) is 0 Å². The van der Waals surface area contributed by atoms with E-state index in [1.165, 1.54) is 4.90 Å². The summed E-state index contributed by atoms with van der Waals surface area (Å²) in [4.78, 5) is 22.7. The Labute approximate surface area is 64.8 Å². The molecule has 1 aliphatic rings. The van der Waals surface area contributed by atoms with Crippen LogP contribution in [0.2, 0.25) is 0 Å². The van der Waals surface area contributed by atoms with Crippen LogP contribution in [0.3, 0.4) is 0 Å². The molecular formula is C7H11NO3. The average molecular weight is 157 g/mol. The topological polar surface area (TPSA) is 57.6 Å². The molecule has 1 rings (SSSR count). The van der Waals surface area contributed by atoms with Gasteiger partial charge in [-0.2, -0.15) is 0 Å². The van der Waals surface area contributed by atoms with Crippen molar-refractivity contribution in [1.29, 1.82) is 0 Å². The lowest BCUT2D eigenvalue weighted by Gasteiger charge is -2.29. The minimum atomic E-state index is -0.995. The number of likely N-dealkylation sites (tertiary alicyclic amines) is 1. The van der Waals surface area contributed by atoms with E-state index in [4.69, 9.17) is 5.11 Å². The number of carbonyl (C=O) groups is 2. The summed E-state index contributed by atoms with van der Waals surface area (Å²) in [5.74, 6) is 0.0265. The second-order valence-electron chi connectivity index (χ2n) is 2.72. The van der Waals surface area contributed by atoms with Gasteiger partial charge in [0.2, 0.25) is 0 Å². The summed E-state index contributed by atoms with van der Waals surface area (Å²) in [5, 5.41) is 8.60. The van der Waals surface area contributed by atoms with E-state index in [2.05, 4.69) is 0 Å². The van der Waals surface area contributed by atoms with E-state index >= 15 is 0 Å². The van der Waals surface area contributed by atoms with E-state index in [9.17, 15) is 9.59 Å². The van der Waals surface area contributed by atoms with Gasteiger partial charge in [0, 0.05) is 13.0 Å². The van der Waals surface area contributed by atoms with Crippen LogP contribution >= 0.6 is 0 Å². The smallest absolute Gasteiger partial charge is 0.407 e. The van der Waals surface area contributed by atoms with Crippen LogP contribution in [0.25, 0.3) is 0 Å². The third-order valence-corrected chi connectivity index (χ3v) is 2.00. The molecular weight excluding hydrogens is 146 g/mol. The molecule has 0 aliphatic carbocycles. The SMILES string of the molecule is CC1C(=O)CCCN1C(=O)O. The zero-order valence-corrected chi connectivity index (χ0v) is 6.41. The van der Waals surface area contributed by atoms with Crippen molar-refractivity contribution >= 4 is 11.9 Å². The van der Waals surface area contributed by atoms with Crippen LogP contribution in [0, 0.1) is 0 Å². The fourth-order valence-electron chi connectivity index (χ4n) is 1.26. The Morgan fingerprint density at radius 2 is 2.36 bits per heavy atom. The molecule has 1 fully saturated rings. The van der Waals surface area contributed by atoms with Crippen molar-refractivity contribution in [2.24, 2.45) is 0 Å². The highest BCUT2D eigenvalue weighted by Gasteiger charge is 2.28. The standard InChI is InChI=1S/C7H11NO3/c1-5-6(9)3-2-4-8(5)7(10)11/h5H,2-4H2,1H3,(H,10,11). The predicted octanol–water partition coefficient (Wildman–Crippen LogP) is 0.718. The number of amides is 1. The van der Waals surface area contributed by atoms with Crippen molar-refractivity contribution in [1.82, 2.24) is 4.90 Å². The monoisotopic (exact) mass is 157 g/mol. The first-order valence-corrected chi connectivity index (χ1v) is 3.65. The maximum atomic E-state index is 11.0. The van der Waals surface area contributed by atoms with Gasteiger partial charge in [-0.1, -0.05) is 0 Å². The molecule has 11 heavy (non-hydrogen) atoms. The second-order valence-corrected chi connectivity index (χ2v) is 2.72. The van der Waals surface area contributed by atoms with E-state index in [0.29, 0.717) is 19.4 Å². The Morgan fingerprint density at radius 3 is 2.82 bits per heavy atom. The van der Waals surface area contributed by atoms with Gasteiger partial charge in [0.1, 0.15) is 0 Å². The van der Waals surface area contributed by atoms with Crippen LogP contribution in [0.1, 0.15) is 19.8 Å². The molecule has 1 heterocycles. The number of ketones is 1. The number of rotatable bonds is 0. The first kappa shape index (κ1) is 8.04. The Balaban J connectivity index is 2.65. The molecule has 4 heteroatoms. The zero-order chi connectivity index (χ0) is 8.43. The highest BCUT2D eigenvalue weighted by atomic mass is 16.4. The van der Waals surface area contributed by atoms with Gasteiger partial charge in [0.05, 0.1) is 6.04 Å². The van der Waals surface area contributed by atoms with Crippen molar-refractivity contribution in [2.45, 2.75) is 25.8 Å². The number of nitrogens with zero attached hydrogens (tertiary/aromatic N) is 1. The van der Waals surface area contributed by atoms with Gasteiger partial charge in [0.25, 0.3) is 0 Å². The lowest BCUT2D eigenvalue weighted by atomic mass is 10.0. The van der Waals surface area contributed by atoms with E-state index in [1.807, 2.05) is 0 Å². The first-order chi connectivity index (χ1) is 5.13. The van der Waals surface area contributed by atoms with Crippen LogP contribution in [-0.4, -0.2) is 34.5 Å². The van der Waals surface area contributed by atoms with Crippen molar-refractivity contribution in [3.8, 4) is 0 Å². The third kappa shape index (κ3) is 1.50. The van der Waals surface area contributed by atoms with E-state index < -0.39 is 12.1 Å². The summed E-state index contributed by atoms with van der Waals surface area (Å²) in [6.07, 6.45) is 0.186. The number of carbonyl (C=O) groups excluding carboxylic acids is 1. The van der Waals surface area contributed by atoms with E-state index in [-0.39, 0.29) is 5.78 Å². The molecule has 1 amide bonds. The summed E-state index contributed by atoms with van der Waals surface area (Å²) >= 11 is 0. The van der Waals surface area contributed by atoms with Gasteiger partial charge < -0.3 is 5.11 Å². The second kappa shape index (κ2) is 2.90. The van der Waals surface area contributed by atoms with Crippen LogP contribution in [0.4, 0.5) is 4.79 Å². The van der Waals surface area contributed by atoms with Crippen LogP contribution < -0.4 is 0 Å². The van der Waals surface area contributed by atoms with Gasteiger partial charge in [-0.3, -0.25) is 9.69 Å². The average Bonchev–Trinajstić information content (AvgIpc) is 1.94. The Morgan fingerprint density at radius 1 is 1.73 bits per heavy atom. The highest BCUT2D eigenvalue weighted by Crippen LogP contribution is 2.12. The summed E-state index contributed by atoms with van der Waals surface area (Å²) in [7, 11) is 0. The largest absolute Gasteiger partial charge is 0.465 e. The lowest BCUT2D eigenvalue weighted by Crippen LogP contribution is -2.46. The summed E-state index contributed by atoms with van der Waals surface area (Å²) < 4.78 is 0. The maximum absolute atomic E-state index is 11.0. The van der Waals surface area contributed by atoms with Crippen molar-refractivity contribution in [3.63, 3.8) is 0 Å². The molecule has 1 unspecified atom stereocenters. The van der Waals surface area contributed by atoms with Gasteiger partial charge in [-0.15, -0.1) is 0 Å². The van der Waals surface area contributed by atoms with Crippen molar-refractivity contribution in [3.05, 3.63) is 0 Å². The molecule has 0 radical (unpaired) electrons. The lowest BCUT2D eigenvalue weighted by molar-refractivity contribution is -0.125. The number of hydrogen-bond acceptors (Lipinski definition) is 2. The van der Waals surface area contributed by atoms with Crippen LogP contribution in [0.5, 0.6) is 0 Å². The summed E-state index contributed by atoms with van der Waals surface area (Å²) in [6.45, 7) is 2.12. The molecule has 1 saturated heterocycles. The molecule has 0 aromatic rings. The fraction of sp³-hybridized carbons (Fsp3) is 0.714. The fourth-order valence-corrected chi connectivity index (χ4v) is 1.26. The van der Waals surface area contributed by atoms with Gasteiger partial charge in [-0.25, -0.2) is 4.79 Å². The molecule has 0 saturated carbocycles. The van der Waals surface area contributed by atoms with Gasteiger partial charge in [-0.05, 0) is 13.3 Å². The number of carboxylic acid groups (broad SMARTS) is 1. The zero-order valence-electron chi connectivity index (χ0n) is 6.41. The van der Waals surface area contributed by atoms with E-state index in [1.54, 1.807) is 6.92 Å². The number of Topliss-reactive ketones (excluding diaryl/α,β-unsaturated/α-hetero) is 1. The Kier molecular flexibility index (Phi) is 2.12. The van der Waals surface area contributed by atoms with Crippen LogP contribution in [-0.2, 0) is 4.79 Å². The highest BCUT2D eigenvalue weighted by molar-refractivity contribution is 5.87. The first-order valence-electron chi connectivity index (χ1n) is 3.65. The van der Waals surface area contributed by atoms with Crippen molar-refractivity contribution < 1.29 is 14.7 Å². The molecule has 1 N–H and O–H groups in total. The minimum absolute atomic E-state index is 0.0265. The summed E-state index contributed by atoms with van der Waals surface area (Å²) in [6, 6.07) is -0.443. The Bertz CT molecular complexity index is 190. The maximum Gasteiger partial charge on any atom is 0.407 e. The molecule has 0 bridgehead atoms. The Hall–Kier alpha value is -1.06. The molecule has 0 spiro atoms. The van der Waals surface area contributed by atoms with Crippen molar-refractivity contribution in [2.75, 3.05) is 6.54 Å². The number of hydrogen-bond donors (Lipinski definition) is 1. The van der Waals surface area contributed by atoms with Gasteiger partial charge in [0.15, 0.2) is 5.78 Å². The minimum Gasteiger partial charge on any atom is -0.465 e. The quantitative estimate of drug-likeness (QED) is 0.563. The molecule has 0 aromatic heterocycles. The number of piperidine rings is 1. The molecule has 62 valence electrons. The predicted molar refractivity (Wildman–Crippen MR) is 38.4 cm³/mol. The molecule has 4 nitrogen and oxygen atoms in total. The van der Waals surface area contributed by atoms with E-state index in [0.717, 1.165) is 0 Å². The van der Waals surface area contributed by atoms with Gasteiger partial charge >= 0.3 is 6.09 Å². The normalized spacial score (nSPS) is 25.4.